The minimum Gasteiger partial charge on any atom is -0.381 e. The van der Waals surface area contributed by atoms with Crippen molar-refractivity contribution >= 4 is 23.2 Å². The zero-order valence-corrected chi connectivity index (χ0v) is 40.7. The van der Waals surface area contributed by atoms with E-state index in [1.54, 1.807) is 12.1 Å². The van der Waals surface area contributed by atoms with Crippen molar-refractivity contribution in [2.75, 3.05) is 88.6 Å². The van der Waals surface area contributed by atoms with Crippen LogP contribution in [0.3, 0.4) is 0 Å². The van der Waals surface area contributed by atoms with Gasteiger partial charge in [0.05, 0.1) is 35.2 Å². The molecule has 8 fully saturated rings. The molecule has 380 valence electrons. The zero-order chi connectivity index (χ0) is 48.5. The second-order valence-electron chi connectivity index (χ2n) is 22.1. The molecule has 2 amide bonds. The van der Waals surface area contributed by atoms with E-state index in [1.165, 1.54) is 42.0 Å². The minimum absolute atomic E-state index is 0.0466. The summed E-state index contributed by atoms with van der Waals surface area (Å²) in [6.07, 6.45) is -0.0613. The first-order chi connectivity index (χ1) is 33.0. The number of amides is 2. The summed E-state index contributed by atoms with van der Waals surface area (Å²) < 4.78 is 106. The molecule has 2 aromatic rings. The SMILES string of the molecule is CCC1CCCN1C1CCN(c2ccc(C3COCCC34CCN(C3(c5ccc(N6CCC(N7CCCC7C(C)C)CC6)cc5C(F)(F)F)COCCC35CCNC5=O)C4=O)c(C(F)(F)F)c2)CC1. The van der Waals surface area contributed by atoms with Crippen molar-refractivity contribution in [2.45, 2.75) is 152 Å². The summed E-state index contributed by atoms with van der Waals surface area (Å²) in [6.45, 7) is 11.1. The average molecular weight is 971 g/mol. The number of alkyl halides is 6. The van der Waals surface area contributed by atoms with Crippen molar-refractivity contribution in [3.63, 3.8) is 0 Å². The van der Waals surface area contributed by atoms with Crippen molar-refractivity contribution in [1.29, 1.82) is 0 Å². The summed E-state index contributed by atoms with van der Waals surface area (Å²) in [5.41, 5.74) is -5.89. The summed E-state index contributed by atoms with van der Waals surface area (Å²) in [5.74, 6) is -1.50. The highest BCUT2D eigenvalue weighted by atomic mass is 19.4. The molecule has 16 heteroatoms. The molecule has 6 unspecified atom stereocenters. The smallest absolute Gasteiger partial charge is 0.381 e. The van der Waals surface area contributed by atoms with Crippen LogP contribution in [0.1, 0.15) is 132 Å². The van der Waals surface area contributed by atoms with Crippen LogP contribution in [0.25, 0.3) is 0 Å². The van der Waals surface area contributed by atoms with E-state index in [2.05, 4.69) is 35.9 Å². The van der Waals surface area contributed by atoms with Crippen molar-refractivity contribution < 1.29 is 45.4 Å². The highest BCUT2D eigenvalue weighted by Crippen LogP contribution is 2.61. The first kappa shape index (κ1) is 49.0. The monoisotopic (exact) mass is 971 g/mol. The standard InChI is InChI=1S/C53H72F6N6O4/c1-4-36-7-5-22-63(36)37-13-24-61(25-14-37)39-9-11-41(43(31-39)52(54,55)56)45-33-68-29-19-49(45)18-28-65(48(49)67)51(34-69-30-20-50(51)17-21-60-47(50)66)42-12-10-40(32-44(42)53(57,58)59)62-26-15-38(16-27-62)64-23-6-8-46(64)35(2)3/h9-12,31-32,35-38,45-46H,4-8,13-30,33-34H2,1-3H3,(H,60,66). The Morgan fingerprint density at radius 1 is 0.710 bits per heavy atom. The number of nitrogens with zero attached hydrogens (tertiary/aromatic N) is 5. The van der Waals surface area contributed by atoms with Gasteiger partial charge in [-0.15, -0.1) is 0 Å². The van der Waals surface area contributed by atoms with Crippen molar-refractivity contribution in [3.8, 4) is 0 Å². The number of halogens is 6. The van der Waals surface area contributed by atoms with Gasteiger partial charge in [0.1, 0.15) is 5.54 Å². The largest absolute Gasteiger partial charge is 0.416 e. The molecule has 2 spiro atoms. The first-order valence-corrected chi connectivity index (χ1v) is 26.2. The second kappa shape index (κ2) is 18.8. The number of hydrogen-bond donors (Lipinski definition) is 1. The Morgan fingerprint density at radius 2 is 1.33 bits per heavy atom. The summed E-state index contributed by atoms with van der Waals surface area (Å²) in [5, 5.41) is 2.91. The van der Waals surface area contributed by atoms with Gasteiger partial charge in [0.25, 0.3) is 0 Å². The van der Waals surface area contributed by atoms with Gasteiger partial charge in [-0.05, 0) is 138 Å². The molecule has 0 saturated carbocycles. The van der Waals surface area contributed by atoms with Gasteiger partial charge in [0.15, 0.2) is 0 Å². The first-order valence-electron chi connectivity index (χ1n) is 26.2. The molecule has 69 heavy (non-hydrogen) atoms. The van der Waals surface area contributed by atoms with Gasteiger partial charge in [0.2, 0.25) is 11.8 Å². The van der Waals surface area contributed by atoms with Crippen LogP contribution in [-0.4, -0.2) is 129 Å². The van der Waals surface area contributed by atoms with Gasteiger partial charge in [-0.2, -0.15) is 26.3 Å². The Hall–Kier alpha value is -3.60. The topological polar surface area (TPSA) is 80.8 Å². The maximum Gasteiger partial charge on any atom is 0.416 e. The predicted molar refractivity (Wildman–Crippen MR) is 252 cm³/mol. The summed E-state index contributed by atoms with van der Waals surface area (Å²) in [4.78, 5) is 40.9. The predicted octanol–water partition coefficient (Wildman–Crippen LogP) is 9.20. The van der Waals surface area contributed by atoms with Crippen LogP contribution in [0.5, 0.6) is 0 Å². The quantitative estimate of drug-likeness (QED) is 0.250. The molecule has 0 aliphatic carbocycles. The maximum absolute atomic E-state index is 15.9. The second-order valence-corrected chi connectivity index (χ2v) is 22.1. The van der Waals surface area contributed by atoms with E-state index in [0.717, 1.165) is 58.0 Å². The number of carbonyl (C=O) groups excluding carboxylic acids is 2. The number of carbonyl (C=O) groups is 2. The lowest BCUT2D eigenvalue weighted by Gasteiger charge is -2.56. The Kier molecular flexibility index (Phi) is 13.3. The fraction of sp³-hybridized carbons (Fsp3) is 0.736. The lowest BCUT2D eigenvalue weighted by Crippen LogP contribution is -2.66. The van der Waals surface area contributed by atoms with E-state index in [0.29, 0.717) is 67.6 Å². The molecule has 8 aliphatic heterocycles. The Morgan fingerprint density at radius 3 is 1.97 bits per heavy atom. The number of nitrogens with one attached hydrogen (secondary N) is 1. The third kappa shape index (κ3) is 8.34. The fourth-order valence-electron chi connectivity index (χ4n) is 15.1. The third-order valence-electron chi connectivity index (χ3n) is 18.7. The normalized spacial score (nSPS) is 32.7. The van der Waals surface area contributed by atoms with E-state index >= 15 is 31.1 Å². The van der Waals surface area contributed by atoms with E-state index in [1.807, 2.05) is 9.80 Å². The third-order valence-corrected chi connectivity index (χ3v) is 18.7. The van der Waals surface area contributed by atoms with E-state index in [9.17, 15) is 4.79 Å². The molecule has 10 rings (SSSR count). The van der Waals surface area contributed by atoms with Crippen LogP contribution in [0.15, 0.2) is 36.4 Å². The zero-order valence-electron chi connectivity index (χ0n) is 40.7. The van der Waals surface area contributed by atoms with Crippen molar-refractivity contribution in [2.24, 2.45) is 16.7 Å². The number of piperidine rings is 2. The van der Waals surface area contributed by atoms with Crippen LogP contribution in [0.4, 0.5) is 37.7 Å². The molecular formula is C53H72F6N6O4. The molecule has 8 aliphatic rings. The van der Waals surface area contributed by atoms with E-state index in [4.69, 9.17) is 9.47 Å². The van der Waals surface area contributed by atoms with Crippen LogP contribution in [0.2, 0.25) is 0 Å². The lowest BCUT2D eigenvalue weighted by molar-refractivity contribution is -0.180. The van der Waals surface area contributed by atoms with Crippen LogP contribution in [0, 0.1) is 16.7 Å². The number of benzene rings is 2. The lowest BCUT2D eigenvalue weighted by atomic mass is 9.60. The van der Waals surface area contributed by atoms with Gasteiger partial charge in [-0.1, -0.05) is 32.9 Å². The fourth-order valence-corrected chi connectivity index (χ4v) is 15.1. The van der Waals surface area contributed by atoms with Gasteiger partial charge >= 0.3 is 12.4 Å². The van der Waals surface area contributed by atoms with Crippen molar-refractivity contribution in [1.82, 2.24) is 20.0 Å². The van der Waals surface area contributed by atoms with E-state index < -0.39 is 57.6 Å². The highest BCUT2D eigenvalue weighted by Gasteiger charge is 2.69. The maximum atomic E-state index is 15.9. The number of likely N-dealkylation sites (tertiary alicyclic amines) is 3. The molecule has 8 heterocycles. The summed E-state index contributed by atoms with van der Waals surface area (Å²) in [6, 6.07) is 10.7. The van der Waals surface area contributed by atoms with E-state index in [-0.39, 0.29) is 76.3 Å². The molecule has 1 N–H and O–H groups in total. The van der Waals surface area contributed by atoms with Gasteiger partial charge < -0.3 is 29.5 Å². The Balaban J connectivity index is 0.985. The number of rotatable bonds is 9. The van der Waals surface area contributed by atoms with Crippen LogP contribution < -0.4 is 15.1 Å². The number of anilines is 2. The summed E-state index contributed by atoms with van der Waals surface area (Å²) >= 11 is 0. The van der Waals surface area contributed by atoms with Gasteiger partial charge in [-0.25, -0.2) is 0 Å². The summed E-state index contributed by atoms with van der Waals surface area (Å²) in [7, 11) is 0. The molecule has 0 bridgehead atoms. The average Bonchev–Trinajstić information content (AvgIpc) is 4.17. The number of ether oxygens (including phenoxy) is 2. The van der Waals surface area contributed by atoms with Gasteiger partial charge in [-0.3, -0.25) is 19.4 Å². The van der Waals surface area contributed by atoms with Crippen LogP contribution in [-0.2, 0) is 37.0 Å². The Labute approximate surface area is 403 Å². The molecule has 10 nitrogen and oxygen atoms in total. The van der Waals surface area contributed by atoms with Crippen LogP contribution >= 0.6 is 0 Å². The number of hydrogen-bond acceptors (Lipinski definition) is 8. The minimum atomic E-state index is -4.88. The molecular weight excluding hydrogens is 899 g/mol. The molecule has 8 saturated heterocycles. The highest BCUT2D eigenvalue weighted by molar-refractivity contribution is 5.92. The molecule has 2 aromatic carbocycles. The van der Waals surface area contributed by atoms with Gasteiger partial charge in [0, 0.05) is 93.9 Å². The van der Waals surface area contributed by atoms with Crippen molar-refractivity contribution in [3.05, 3.63) is 58.7 Å². The Bertz CT molecular complexity index is 2210. The molecule has 0 aromatic heterocycles. The molecule has 6 atom stereocenters. The molecule has 0 radical (unpaired) electrons.